The van der Waals surface area contributed by atoms with Crippen LogP contribution in [0.15, 0.2) is 18.2 Å². The smallest absolute Gasteiger partial charge is 0.105 e. The Kier molecular flexibility index (Phi) is 3.00. The number of aryl methyl sites for hydroxylation is 1. The first kappa shape index (κ1) is 10.2. The van der Waals surface area contributed by atoms with Crippen LogP contribution in [0.3, 0.4) is 0 Å². The van der Waals surface area contributed by atoms with Crippen LogP contribution in [0.4, 0.5) is 0 Å². The standard InChI is InChI=1S/C12H13NO2/c1-9-4-10(5-13)2-3-11(9)6-15-12-7-14-8-12/h2-4,12H,6-8H2,1H3. The van der Waals surface area contributed by atoms with Crippen LogP contribution in [0.25, 0.3) is 0 Å². The van der Waals surface area contributed by atoms with Crippen molar-refractivity contribution < 1.29 is 9.47 Å². The zero-order chi connectivity index (χ0) is 10.7. The summed E-state index contributed by atoms with van der Waals surface area (Å²) >= 11 is 0. The van der Waals surface area contributed by atoms with Gasteiger partial charge in [0.05, 0.1) is 31.5 Å². The minimum atomic E-state index is 0.250. The van der Waals surface area contributed by atoms with E-state index >= 15 is 0 Å². The molecule has 2 rings (SSSR count). The van der Waals surface area contributed by atoms with Crippen LogP contribution in [0.2, 0.25) is 0 Å². The van der Waals surface area contributed by atoms with Crippen LogP contribution in [0.5, 0.6) is 0 Å². The fourth-order valence-electron chi connectivity index (χ4n) is 1.45. The summed E-state index contributed by atoms with van der Waals surface area (Å²) in [5.41, 5.74) is 2.94. The summed E-state index contributed by atoms with van der Waals surface area (Å²) in [6.07, 6.45) is 0.250. The third-order valence-corrected chi connectivity index (χ3v) is 2.55. The highest BCUT2D eigenvalue weighted by Crippen LogP contribution is 2.14. The number of hydrogen-bond acceptors (Lipinski definition) is 3. The Balaban J connectivity index is 1.98. The molecule has 0 unspecified atom stereocenters. The van der Waals surface area contributed by atoms with Gasteiger partial charge in [-0.2, -0.15) is 5.26 Å². The lowest BCUT2D eigenvalue weighted by molar-refractivity contribution is -0.135. The molecule has 0 amide bonds. The summed E-state index contributed by atoms with van der Waals surface area (Å²) in [5.74, 6) is 0. The lowest BCUT2D eigenvalue weighted by Crippen LogP contribution is -2.35. The molecule has 15 heavy (non-hydrogen) atoms. The largest absolute Gasteiger partial charge is 0.376 e. The SMILES string of the molecule is Cc1cc(C#N)ccc1COC1COC1. The average Bonchev–Trinajstić information content (AvgIpc) is 2.18. The van der Waals surface area contributed by atoms with Gasteiger partial charge in [0.25, 0.3) is 0 Å². The number of benzene rings is 1. The summed E-state index contributed by atoms with van der Waals surface area (Å²) in [4.78, 5) is 0. The van der Waals surface area contributed by atoms with Crippen LogP contribution in [-0.4, -0.2) is 19.3 Å². The van der Waals surface area contributed by atoms with Gasteiger partial charge in [0.1, 0.15) is 6.10 Å². The summed E-state index contributed by atoms with van der Waals surface area (Å²) in [5, 5.41) is 8.72. The molecule has 1 aromatic rings. The monoisotopic (exact) mass is 203 g/mol. The fraction of sp³-hybridized carbons (Fsp3) is 0.417. The molecule has 0 radical (unpaired) electrons. The molecular formula is C12H13NO2. The van der Waals surface area contributed by atoms with Crippen molar-refractivity contribution in [2.24, 2.45) is 0 Å². The first-order valence-corrected chi connectivity index (χ1v) is 4.98. The Hall–Kier alpha value is -1.37. The first-order valence-electron chi connectivity index (χ1n) is 4.98. The predicted molar refractivity (Wildman–Crippen MR) is 55.3 cm³/mol. The quantitative estimate of drug-likeness (QED) is 0.752. The van der Waals surface area contributed by atoms with Crippen molar-refractivity contribution in [3.63, 3.8) is 0 Å². The Morgan fingerprint density at radius 2 is 2.33 bits per heavy atom. The number of hydrogen-bond donors (Lipinski definition) is 0. The second-order valence-corrected chi connectivity index (χ2v) is 3.72. The lowest BCUT2D eigenvalue weighted by Gasteiger charge is -2.26. The van der Waals surface area contributed by atoms with Gasteiger partial charge in [-0.25, -0.2) is 0 Å². The van der Waals surface area contributed by atoms with E-state index in [-0.39, 0.29) is 6.10 Å². The highest BCUT2D eigenvalue weighted by atomic mass is 16.6. The molecule has 1 aliphatic rings. The molecule has 3 nitrogen and oxygen atoms in total. The van der Waals surface area contributed by atoms with E-state index in [0.717, 1.165) is 11.1 Å². The van der Waals surface area contributed by atoms with E-state index in [2.05, 4.69) is 6.07 Å². The van der Waals surface area contributed by atoms with Gasteiger partial charge in [0.2, 0.25) is 0 Å². The zero-order valence-electron chi connectivity index (χ0n) is 8.69. The van der Waals surface area contributed by atoms with Crippen molar-refractivity contribution in [1.29, 1.82) is 5.26 Å². The molecule has 1 aromatic carbocycles. The van der Waals surface area contributed by atoms with Gasteiger partial charge < -0.3 is 9.47 Å². The van der Waals surface area contributed by atoms with Gasteiger partial charge in [-0.15, -0.1) is 0 Å². The summed E-state index contributed by atoms with van der Waals surface area (Å²) < 4.78 is 10.6. The zero-order valence-corrected chi connectivity index (χ0v) is 8.69. The van der Waals surface area contributed by atoms with Gasteiger partial charge in [-0.3, -0.25) is 0 Å². The molecule has 0 saturated carbocycles. The fourth-order valence-corrected chi connectivity index (χ4v) is 1.45. The third-order valence-electron chi connectivity index (χ3n) is 2.55. The number of nitrogens with zero attached hydrogens (tertiary/aromatic N) is 1. The summed E-state index contributed by atoms with van der Waals surface area (Å²) in [7, 11) is 0. The molecule has 0 spiro atoms. The van der Waals surface area contributed by atoms with Crippen molar-refractivity contribution in [1.82, 2.24) is 0 Å². The molecule has 0 N–H and O–H groups in total. The molecule has 78 valence electrons. The normalized spacial score (nSPS) is 15.7. The molecule has 0 bridgehead atoms. The molecule has 0 aliphatic carbocycles. The minimum absolute atomic E-state index is 0.250. The molecule has 1 aliphatic heterocycles. The molecular weight excluding hydrogens is 190 g/mol. The predicted octanol–water partition coefficient (Wildman–Crippen LogP) is 1.78. The van der Waals surface area contributed by atoms with E-state index in [9.17, 15) is 0 Å². The van der Waals surface area contributed by atoms with Crippen LogP contribution < -0.4 is 0 Å². The van der Waals surface area contributed by atoms with E-state index in [4.69, 9.17) is 14.7 Å². The summed E-state index contributed by atoms with van der Waals surface area (Å²) in [6, 6.07) is 7.78. The van der Waals surface area contributed by atoms with E-state index in [1.54, 1.807) is 0 Å². The second-order valence-electron chi connectivity index (χ2n) is 3.72. The maximum Gasteiger partial charge on any atom is 0.105 e. The van der Waals surface area contributed by atoms with Gasteiger partial charge in [0, 0.05) is 0 Å². The summed E-state index contributed by atoms with van der Waals surface area (Å²) in [6.45, 7) is 4.01. The topological polar surface area (TPSA) is 42.2 Å². The Morgan fingerprint density at radius 3 is 2.87 bits per heavy atom. The van der Waals surface area contributed by atoms with E-state index in [1.807, 2.05) is 25.1 Å². The second kappa shape index (κ2) is 4.43. The highest BCUT2D eigenvalue weighted by Gasteiger charge is 2.18. The average molecular weight is 203 g/mol. The molecule has 0 aromatic heterocycles. The molecule has 1 fully saturated rings. The molecule has 1 heterocycles. The number of rotatable bonds is 3. The number of ether oxygens (including phenoxy) is 2. The van der Waals surface area contributed by atoms with Crippen molar-refractivity contribution >= 4 is 0 Å². The van der Waals surface area contributed by atoms with Crippen molar-refractivity contribution in [2.45, 2.75) is 19.6 Å². The lowest BCUT2D eigenvalue weighted by atomic mass is 10.1. The molecule has 1 saturated heterocycles. The van der Waals surface area contributed by atoms with E-state index < -0.39 is 0 Å². The maximum atomic E-state index is 8.72. The van der Waals surface area contributed by atoms with Crippen molar-refractivity contribution in [2.75, 3.05) is 13.2 Å². The van der Waals surface area contributed by atoms with Gasteiger partial charge in [0.15, 0.2) is 0 Å². The Bertz CT molecular complexity index is 391. The van der Waals surface area contributed by atoms with E-state index in [1.165, 1.54) is 0 Å². The van der Waals surface area contributed by atoms with Gasteiger partial charge >= 0.3 is 0 Å². The number of nitriles is 1. The highest BCUT2D eigenvalue weighted by molar-refractivity contribution is 5.37. The van der Waals surface area contributed by atoms with Crippen molar-refractivity contribution in [3.05, 3.63) is 34.9 Å². The third kappa shape index (κ3) is 2.35. The van der Waals surface area contributed by atoms with Crippen LogP contribution in [0, 0.1) is 18.3 Å². The molecule has 0 atom stereocenters. The van der Waals surface area contributed by atoms with Crippen LogP contribution in [-0.2, 0) is 16.1 Å². The van der Waals surface area contributed by atoms with Gasteiger partial charge in [-0.1, -0.05) is 6.07 Å². The van der Waals surface area contributed by atoms with Gasteiger partial charge in [-0.05, 0) is 30.2 Å². The first-order chi connectivity index (χ1) is 7.29. The van der Waals surface area contributed by atoms with Crippen molar-refractivity contribution in [3.8, 4) is 6.07 Å². The van der Waals surface area contributed by atoms with Crippen LogP contribution in [0.1, 0.15) is 16.7 Å². The van der Waals surface area contributed by atoms with E-state index in [0.29, 0.717) is 25.4 Å². The van der Waals surface area contributed by atoms with Crippen LogP contribution >= 0.6 is 0 Å². The Morgan fingerprint density at radius 1 is 1.53 bits per heavy atom. The Labute approximate surface area is 89.2 Å². The minimum Gasteiger partial charge on any atom is -0.376 e. The molecule has 3 heteroatoms. The maximum absolute atomic E-state index is 8.72.